The average Bonchev–Trinajstić information content (AvgIpc) is 3.23. The molecule has 108 valence electrons. The van der Waals surface area contributed by atoms with Crippen molar-refractivity contribution in [1.29, 1.82) is 0 Å². The first kappa shape index (κ1) is 14.1. The summed E-state index contributed by atoms with van der Waals surface area (Å²) in [6, 6.07) is 3.50. The number of carbonyl (C=O) groups excluding carboxylic acids is 1. The van der Waals surface area contributed by atoms with Gasteiger partial charge in [0.25, 0.3) is 5.91 Å². The highest BCUT2D eigenvalue weighted by Crippen LogP contribution is 2.29. The first-order valence-electron chi connectivity index (χ1n) is 6.29. The van der Waals surface area contributed by atoms with Crippen LogP contribution < -0.4 is 5.73 Å². The molecule has 1 saturated carbocycles. The van der Waals surface area contributed by atoms with Crippen molar-refractivity contribution < 1.29 is 19.5 Å². The molecule has 1 aromatic carbocycles. The SMILES string of the molecule is N/C(CCN(C(=O)c1ccc(O)cc1F)C1CC1)=N/O. The number of nitrogens with two attached hydrogens (primary N) is 1. The smallest absolute Gasteiger partial charge is 0.257 e. The number of amidine groups is 1. The van der Waals surface area contributed by atoms with Crippen molar-refractivity contribution in [3.05, 3.63) is 29.6 Å². The van der Waals surface area contributed by atoms with E-state index in [-0.39, 0.29) is 36.2 Å². The third-order valence-electron chi connectivity index (χ3n) is 3.17. The Morgan fingerprint density at radius 3 is 2.75 bits per heavy atom. The molecular formula is C13H16FN3O3. The van der Waals surface area contributed by atoms with Gasteiger partial charge < -0.3 is 20.9 Å². The Labute approximate surface area is 115 Å². The molecule has 0 unspecified atom stereocenters. The number of hydrogen-bond donors (Lipinski definition) is 3. The van der Waals surface area contributed by atoms with Crippen LogP contribution in [-0.2, 0) is 0 Å². The van der Waals surface area contributed by atoms with Crippen molar-refractivity contribution in [2.24, 2.45) is 10.9 Å². The molecule has 1 aromatic rings. The van der Waals surface area contributed by atoms with Gasteiger partial charge in [-0.3, -0.25) is 4.79 Å². The number of nitrogens with zero attached hydrogens (tertiary/aromatic N) is 2. The molecule has 0 heterocycles. The van der Waals surface area contributed by atoms with Gasteiger partial charge in [0, 0.05) is 25.1 Å². The molecule has 1 aliphatic rings. The molecule has 4 N–H and O–H groups in total. The number of oxime groups is 1. The van der Waals surface area contributed by atoms with Gasteiger partial charge in [-0.2, -0.15) is 0 Å². The van der Waals surface area contributed by atoms with E-state index in [4.69, 9.17) is 16.0 Å². The van der Waals surface area contributed by atoms with E-state index in [0.29, 0.717) is 0 Å². The molecule has 7 heteroatoms. The van der Waals surface area contributed by atoms with Crippen LogP contribution in [0.15, 0.2) is 23.4 Å². The second-order valence-corrected chi connectivity index (χ2v) is 4.74. The van der Waals surface area contributed by atoms with Crippen LogP contribution in [0.1, 0.15) is 29.6 Å². The maximum absolute atomic E-state index is 13.7. The predicted molar refractivity (Wildman–Crippen MR) is 70.1 cm³/mol. The predicted octanol–water partition coefficient (Wildman–Crippen LogP) is 1.27. The molecule has 1 fully saturated rings. The molecule has 1 aliphatic carbocycles. The summed E-state index contributed by atoms with van der Waals surface area (Å²) in [6.45, 7) is 0.264. The van der Waals surface area contributed by atoms with Crippen LogP contribution in [0.5, 0.6) is 5.75 Å². The highest BCUT2D eigenvalue weighted by Gasteiger charge is 2.33. The van der Waals surface area contributed by atoms with Crippen molar-refractivity contribution in [2.45, 2.75) is 25.3 Å². The molecule has 0 spiro atoms. The van der Waals surface area contributed by atoms with E-state index in [1.54, 1.807) is 0 Å². The van der Waals surface area contributed by atoms with Crippen LogP contribution in [0.25, 0.3) is 0 Å². The molecule has 0 atom stereocenters. The van der Waals surface area contributed by atoms with E-state index in [0.717, 1.165) is 18.9 Å². The third-order valence-corrected chi connectivity index (χ3v) is 3.17. The lowest BCUT2D eigenvalue weighted by molar-refractivity contribution is 0.0742. The van der Waals surface area contributed by atoms with Gasteiger partial charge in [0.2, 0.25) is 0 Å². The van der Waals surface area contributed by atoms with Crippen molar-refractivity contribution in [2.75, 3.05) is 6.54 Å². The number of aromatic hydroxyl groups is 1. The summed E-state index contributed by atoms with van der Waals surface area (Å²) in [7, 11) is 0. The van der Waals surface area contributed by atoms with E-state index in [9.17, 15) is 9.18 Å². The topological polar surface area (TPSA) is 99.2 Å². The molecule has 0 saturated heterocycles. The summed E-state index contributed by atoms with van der Waals surface area (Å²) in [4.78, 5) is 13.8. The Kier molecular flexibility index (Phi) is 4.07. The lowest BCUT2D eigenvalue weighted by Crippen LogP contribution is -2.36. The van der Waals surface area contributed by atoms with Crippen molar-refractivity contribution in [3.63, 3.8) is 0 Å². The van der Waals surface area contributed by atoms with Crippen molar-refractivity contribution in [3.8, 4) is 5.75 Å². The van der Waals surface area contributed by atoms with Crippen molar-refractivity contribution in [1.82, 2.24) is 4.90 Å². The number of hydrogen-bond acceptors (Lipinski definition) is 4. The molecule has 0 bridgehead atoms. The number of rotatable bonds is 5. The van der Waals surface area contributed by atoms with Crippen LogP contribution >= 0.6 is 0 Å². The van der Waals surface area contributed by atoms with Crippen LogP contribution in [0.4, 0.5) is 4.39 Å². The fourth-order valence-electron chi connectivity index (χ4n) is 1.95. The van der Waals surface area contributed by atoms with Gasteiger partial charge in [-0.15, -0.1) is 0 Å². The Hall–Kier alpha value is -2.31. The van der Waals surface area contributed by atoms with Gasteiger partial charge in [-0.05, 0) is 25.0 Å². The maximum Gasteiger partial charge on any atom is 0.257 e. The quantitative estimate of drug-likeness (QED) is 0.327. The Morgan fingerprint density at radius 2 is 2.20 bits per heavy atom. The van der Waals surface area contributed by atoms with Gasteiger partial charge in [0.15, 0.2) is 0 Å². The van der Waals surface area contributed by atoms with Crippen molar-refractivity contribution >= 4 is 11.7 Å². The minimum Gasteiger partial charge on any atom is -0.508 e. The number of carbonyl (C=O) groups is 1. The van der Waals surface area contributed by atoms with Gasteiger partial charge in [-0.1, -0.05) is 5.16 Å². The standard InChI is InChI=1S/C13H16FN3O3/c14-11-7-9(18)3-4-10(11)13(19)17(8-1-2-8)6-5-12(15)16-20/h3-4,7-8,18,20H,1-2,5-6H2,(H2,15,16). The van der Waals surface area contributed by atoms with E-state index >= 15 is 0 Å². The summed E-state index contributed by atoms with van der Waals surface area (Å²) < 4.78 is 13.7. The van der Waals surface area contributed by atoms with Crippen LogP contribution in [0, 0.1) is 5.82 Å². The fourth-order valence-corrected chi connectivity index (χ4v) is 1.95. The molecule has 20 heavy (non-hydrogen) atoms. The molecule has 2 rings (SSSR count). The summed E-state index contributed by atoms with van der Waals surface area (Å²) in [5.74, 6) is -1.41. The lowest BCUT2D eigenvalue weighted by atomic mass is 10.1. The zero-order chi connectivity index (χ0) is 14.7. The highest BCUT2D eigenvalue weighted by molar-refractivity contribution is 5.95. The average molecular weight is 281 g/mol. The summed E-state index contributed by atoms with van der Waals surface area (Å²) in [6.07, 6.45) is 1.95. The van der Waals surface area contributed by atoms with E-state index in [1.165, 1.54) is 17.0 Å². The zero-order valence-corrected chi connectivity index (χ0v) is 10.8. The van der Waals surface area contributed by atoms with Crippen LogP contribution in [-0.4, -0.2) is 39.5 Å². The van der Waals surface area contributed by atoms with Gasteiger partial charge in [0.05, 0.1) is 5.56 Å². The summed E-state index contributed by atoms with van der Waals surface area (Å²) in [5, 5.41) is 20.5. The molecular weight excluding hydrogens is 265 g/mol. The van der Waals surface area contributed by atoms with Crippen LogP contribution in [0.2, 0.25) is 0 Å². The first-order valence-corrected chi connectivity index (χ1v) is 6.29. The number of halogens is 1. The van der Waals surface area contributed by atoms with E-state index < -0.39 is 11.7 Å². The minimum atomic E-state index is -0.760. The number of benzene rings is 1. The third kappa shape index (κ3) is 3.17. The van der Waals surface area contributed by atoms with Gasteiger partial charge in [-0.25, -0.2) is 4.39 Å². The molecule has 0 aliphatic heterocycles. The molecule has 0 aromatic heterocycles. The maximum atomic E-state index is 13.7. The fraction of sp³-hybridized carbons (Fsp3) is 0.385. The Morgan fingerprint density at radius 1 is 1.50 bits per heavy atom. The van der Waals surface area contributed by atoms with E-state index in [1.807, 2.05) is 0 Å². The number of phenolic OH excluding ortho intramolecular Hbond substituents is 1. The van der Waals surface area contributed by atoms with Gasteiger partial charge in [0.1, 0.15) is 17.4 Å². The molecule has 6 nitrogen and oxygen atoms in total. The monoisotopic (exact) mass is 281 g/mol. The van der Waals surface area contributed by atoms with Gasteiger partial charge >= 0.3 is 0 Å². The molecule has 1 amide bonds. The lowest BCUT2D eigenvalue weighted by Gasteiger charge is -2.22. The summed E-state index contributed by atoms with van der Waals surface area (Å²) in [5.41, 5.74) is 5.30. The highest BCUT2D eigenvalue weighted by atomic mass is 19.1. The first-order chi connectivity index (χ1) is 9.52. The van der Waals surface area contributed by atoms with Crippen LogP contribution in [0.3, 0.4) is 0 Å². The Balaban J connectivity index is 2.14. The number of phenols is 1. The van der Waals surface area contributed by atoms with E-state index in [2.05, 4.69) is 5.16 Å². The second-order valence-electron chi connectivity index (χ2n) is 4.74. The minimum absolute atomic E-state index is 0.0228. The molecule has 0 radical (unpaired) electrons. The Bertz CT molecular complexity index is 544. The largest absolute Gasteiger partial charge is 0.508 e. The second kappa shape index (κ2) is 5.77. The normalized spacial score (nSPS) is 15.2. The number of amides is 1. The zero-order valence-electron chi connectivity index (χ0n) is 10.8. The summed E-state index contributed by atoms with van der Waals surface area (Å²) >= 11 is 0.